The number of phosphoric ester groups is 1. The number of unbranched alkanes of at least 4 members (excludes halogenated alkanes) is 8. The zero-order valence-electron chi connectivity index (χ0n) is 19.3. The van der Waals surface area contributed by atoms with Crippen LogP contribution in [0, 0.1) is 0 Å². The molecule has 0 amide bonds. The first-order chi connectivity index (χ1) is 13.6. The molecule has 174 valence electrons. The largest absolute Gasteiger partial charge is 0.472 e. The Morgan fingerprint density at radius 3 is 2.00 bits per heavy atom. The van der Waals surface area contributed by atoms with Crippen LogP contribution in [0.4, 0.5) is 0 Å². The Morgan fingerprint density at radius 2 is 1.48 bits per heavy atom. The minimum absolute atomic E-state index is 0.0946. The number of thiocarbonyl (C=S) groups is 1. The molecule has 0 aliphatic rings. The fourth-order valence-electron chi connectivity index (χ4n) is 2.82. The van der Waals surface area contributed by atoms with E-state index in [-0.39, 0.29) is 13.2 Å². The van der Waals surface area contributed by atoms with Crippen molar-refractivity contribution in [1.82, 2.24) is 10.2 Å². The van der Waals surface area contributed by atoms with Crippen LogP contribution in [0.5, 0.6) is 0 Å². The first-order valence-electron chi connectivity index (χ1n) is 11.0. The Morgan fingerprint density at radius 1 is 0.966 bits per heavy atom. The Kier molecular flexibility index (Phi) is 16.3. The van der Waals surface area contributed by atoms with Gasteiger partial charge in [0.15, 0.2) is 5.11 Å². The standard InChI is InChI=1S/C20H44N3O4PS/c1-6-7-8-9-10-11-12-13-14-15-22(20(29)21-2)16-18-26-28(24,25)27-19-17-23(3,4)5/h6-19H2,1-5H3,(H-,21,24,25,29)/p+1. The molecule has 0 heterocycles. The summed E-state index contributed by atoms with van der Waals surface area (Å²) in [6.45, 7) is 4.41. The van der Waals surface area contributed by atoms with E-state index >= 15 is 0 Å². The lowest BCUT2D eigenvalue weighted by Crippen LogP contribution is -2.40. The Hall–Kier alpha value is -0.240. The van der Waals surface area contributed by atoms with E-state index in [0.717, 1.165) is 13.0 Å². The van der Waals surface area contributed by atoms with Crippen LogP contribution in [-0.2, 0) is 13.6 Å². The third-order valence-electron chi connectivity index (χ3n) is 4.66. The minimum Gasteiger partial charge on any atom is -0.366 e. The number of likely N-dealkylation sites (N-methyl/N-ethyl adjacent to an activating group) is 1. The molecule has 0 aromatic carbocycles. The zero-order chi connectivity index (χ0) is 22.2. The van der Waals surface area contributed by atoms with E-state index in [9.17, 15) is 9.46 Å². The minimum atomic E-state index is -4.03. The molecular weight excluding hydrogens is 409 g/mol. The van der Waals surface area contributed by atoms with Crippen molar-refractivity contribution in [3.05, 3.63) is 0 Å². The third kappa shape index (κ3) is 18.3. The molecule has 1 atom stereocenters. The van der Waals surface area contributed by atoms with Crippen molar-refractivity contribution < 1.29 is 23.0 Å². The molecule has 0 fully saturated rings. The van der Waals surface area contributed by atoms with E-state index in [1.54, 1.807) is 7.05 Å². The summed E-state index contributed by atoms with van der Waals surface area (Å²) in [6.07, 6.45) is 11.4. The second-order valence-electron chi connectivity index (χ2n) is 8.52. The molecule has 29 heavy (non-hydrogen) atoms. The van der Waals surface area contributed by atoms with Crippen LogP contribution in [0.25, 0.3) is 0 Å². The molecule has 0 bridgehead atoms. The van der Waals surface area contributed by atoms with Crippen molar-refractivity contribution in [2.45, 2.75) is 64.7 Å². The third-order valence-corrected chi connectivity index (χ3v) is 6.14. The molecule has 1 unspecified atom stereocenters. The zero-order valence-corrected chi connectivity index (χ0v) is 21.0. The second-order valence-corrected chi connectivity index (χ2v) is 10.4. The number of quaternary nitrogens is 1. The van der Waals surface area contributed by atoms with Crippen LogP contribution in [0.2, 0.25) is 0 Å². The molecule has 2 N–H and O–H groups in total. The fourth-order valence-corrected chi connectivity index (χ4v) is 3.70. The monoisotopic (exact) mass is 454 g/mol. The predicted octanol–water partition coefficient (Wildman–Crippen LogP) is 4.16. The molecule has 0 aromatic heterocycles. The number of nitrogens with one attached hydrogen (secondary N) is 1. The number of phosphoric acid groups is 1. The van der Waals surface area contributed by atoms with E-state index in [2.05, 4.69) is 12.2 Å². The predicted molar refractivity (Wildman–Crippen MR) is 125 cm³/mol. The molecule has 0 saturated carbocycles. The maximum Gasteiger partial charge on any atom is 0.472 e. The lowest BCUT2D eigenvalue weighted by molar-refractivity contribution is -0.870. The van der Waals surface area contributed by atoms with Gasteiger partial charge in [0.1, 0.15) is 13.2 Å². The van der Waals surface area contributed by atoms with Crippen molar-refractivity contribution in [3.8, 4) is 0 Å². The highest BCUT2D eigenvalue weighted by Crippen LogP contribution is 2.42. The molecule has 7 nitrogen and oxygen atoms in total. The van der Waals surface area contributed by atoms with E-state index in [1.165, 1.54) is 51.4 Å². The number of rotatable bonds is 18. The van der Waals surface area contributed by atoms with Crippen molar-refractivity contribution in [2.24, 2.45) is 0 Å². The van der Waals surface area contributed by atoms with E-state index < -0.39 is 7.82 Å². The molecule has 0 radical (unpaired) electrons. The van der Waals surface area contributed by atoms with E-state index in [0.29, 0.717) is 22.7 Å². The molecule has 0 saturated heterocycles. The van der Waals surface area contributed by atoms with Gasteiger partial charge in [-0.05, 0) is 18.6 Å². The molecule has 9 heteroatoms. The summed E-state index contributed by atoms with van der Waals surface area (Å²) in [5, 5.41) is 3.61. The van der Waals surface area contributed by atoms with Gasteiger partial charge in [0.2, 0.25) is 0 Å². The Labute approximate surface area is 184 Å². The van der Waals surface area contributed by atoms with Gasteiger partial charge in [0.05, 0.1) is 27.7 Å². The lowest BCUT2D eigenvalue weighted by atomic mass is 10.1. The van der Waals surface area contributed by atoms with Crippen LogP contribution >= 0.6 is 20.0 Å². The van der Waals surface area contributed by atoms with Crippen molar-refractivity contribution in [3.63, 3.8) is 0 Å². The molecule has 0 rings (SSSR count). The summed E-state index contributed by atoms with van der Waals surface area (Å²) in [4.78, 5) is 11.8. The van der Waals surface area contributed by atoms with Crippen LogP contribution in [0.3, 0.4) is 0 Å². The maximum atomic E-state index is 12.0. The van der Waals surface area contributed by atoms with Crippen LogP contribution < -0.4 is 5.32 Å². The summed E-state index contributed by atoms with van der Waals surface area (Å²) in [6, 6.07) is 0. The van der Waals surface area contributed by atoms with Crippen molar-refractivity contribution in [2.75, 3.05) is 61.0 Å². The molecule has 0 aliphatic carbocycles. The molecular formula is C20H45N3O4PS+. The topological polar surface area (TPSA) is 71.0 Å². The van der Waals surface area contributed by atoms with Gasteiger partial charge in [-0.25, -0.2) is 4.57 Å². The highest BCUT2D eigenvalue weighted by molar-refractivity contribution is 7.80. The lowest BCUT2D eigenvalue weighted by Gasteiger charge is -2.26. The number of hydrogen-bond donors (Lipinski definition) is 2. The van der Waals surface area contributed by atoms with Gasteiger partial charge in [-0.1, -0.05) is 58.3 Å². The van der Waals surface area contributed by atoms with Crippen LogP contribution in [0.1, 0.15) is 64.7 Å². The Balaban J connectivity index is 4.04. The molecule has 0 spiro atoms. The quantitative estimate of drug-likeness (QED) is 0.139. The van der Waals surface area contributed by atoms with Crippen molar-refractivity contribution in [1.29, 1.82) is 0 Å². The van der Waals surface area contributed by atoms with Gasteiger partial charge in [0.25, 0.3) is 0 Å². The fraction of sp³-hybridized carbons (Fsp3) is 0.950. The average molecular weight is 455 g/mol. The SMILES string of the molecule is CCCCCCCCCCCN(CCOP(=O)(O)OCC[N+](C)(C)C)C(=S)NC. The van der Waals surface area contributed by atoms with Gasteiger partial charge >= 0.3 is 7.82 Å². The number of hydrogen-bond acceptors (Lipinski definition) is 4. The molecule has 0 aromatic rings. The van der Waals surface area contributed by atoms with Gasteiger partial charge < -0.3 is 19.6 Å². The van der Waals surface area contributed by atoms with Gasteiger partial charge in [-0.2, -0.15) is 0 Å². The van der Waals surface area contributed by atoms with Crippen LogP contribution in [-0.4, -0.2) is 80.4 Å². The van der Waals surface area contributed by atoms with Crippen LogP contribution in [0.15, 0.2) is 0 Å². The maximum absolute atomic E-state index is 12.0. The second kappa shape index (κ2) is 16.5. The smallest absolute Gasteiger partial charge is 0.366 e. The summed E-state index contributed by atoms with van der Waals surface area (Å²) in [5.41, 5.74) is 0. The molecule has 0 aliphatic heterocycles. The first-order valence-corrected chi connectivity index (χ1v) is 12.9. The van der Waals surface area contributed by atoms with Gasteiger partial charge in [-0.15, -0.1) is 0 Å². The van der Waals surface area contributed by atoms with Crippen molar-refractivity contribution >= 4 is 25.2 Å². The summed E-state index contributed by atoms with van der Waals surface area (Å²) in [7, 11) is 3.75. The average Bonchev–Trinajstić information content (AvgIpc) is 2.63. The highest BCUT2D eigenvalue weighted by Gasteiger charge is 2.23. The summed E-state index contributed by atoms with van der Waals surface area (Å²) < 4.78 is 22.8. The van der Waals surface area contributed by atoms with E-state index in [4.69, 9.17) is 21.3 Å². The van der Waals surface area contributed by atoms with Gasteiger partial charge in [0, 0.05) is 20.1 Å². The summed E-state index contributed by atoms with van der Waals surface area (Å²) >= 11 is 5.35. The summed E-state index contributed by atoms with van der Waals surface area (Å²) in [5.74, 6) is 0. The first kappa shape index (κ1) is 28.8. The Bertz CT molecular complexity index is 475. The van der Waals surface area contributed by atoms with Gasteiger partial charge in [-0.3, -0.25) is 9.05 Å². The normalized spacial score (nSPS) is 13.9. The van der Waals surface area contributed by atoms with E-state index in [1.807, 2.05) is 26.0 Å². The number of nitrogens with zero attached hydrogens (tertiary/aromatic N) is 2. The highest BCUT2D eigenvalue weighted by atomic mass is 32.1.